The van der Waals surface area contributed by atoms with Gasteiger partial charge in [0.25, 0.3) is 0 Å². The predicted octanol–water partition coefficient (Wildman–Crippen LogP) is 2.32. The number of amides is 1. The molecule has 0 spiro atoms. The third-order valence-electron chi connectivity index (χ3n) is 4.38. The highest BCUT2D eigenvalue weighted by molar-refractivity contribution is 5.82. The van der Waals surface area contributed by atoms with Crippen LogP contribution in [0.3, 0.4) is 0 Å². The highest BCUT2D eigenvalue weighted by atomic mass is 16.2. The first-order valence-electron chi connectivity index (χ1n) is 6.88. The molecule has 2 aliphatic carbocycles. The van der Waals surface area contributed by atoms with Gasteiger partial charge in [-0.25, -0.2) is 0 Å². The van der Waals surface area contributed by atoms with E-state index in [0.717, 1.165) is 11.3 Å². The average molecular weight is 244 g/mol. The van der Waals surface area contributed by atoms with E-state index in [4.69, 9.17) is 5.73 Å². The maximum absolute atomic E-state index is 12.1. The van der Waals surface area contributed by atoms with E-state index in [1.165, 1.54) is 25.7 Å². The summed E-state index contributed by atoms with van der Waals surface area (Å²) in [5.74, 6) is 1.90. The van der Waals surface area contributed by atoms with Crippen LogP contribution in [-0.2, 0) is 11.3 Å². The van der Waals surface area contributed by atoms with Crippen molar-refractivity contribution in [3.05, 3.63) is 29.8 Å². The molecule has 2 fully saturated rings. The molecule has 96 valence electrons. The summed E-state index contributed by atoms with van der Waals surface area (Å²) in [4.78, 5) is 12.1. The van der Waals surface area contributed by atoms with E-state index in [1.54, 1.807) is 0 Å². The Hall–Kier alpha value is -1.51. The predicted molar refractivity (Wildman–Crippen MR) is 71.6 cm³/mol. The number of nitrogen functional groups attached to an aromatic ring is 1. The van der Waals surface area contributed by atoms with E-state index in [9.17, 15) is 4.79 Å². The maximum Gasteiger partial charge on any atom is 0.223 e. The van der Waals surface area contributed by atoms with Crippen molar-refractivity contribution in [2.45, 2.75) is 32.2 Å². The Balaban J connectivity index is 1.53. The minimum atomic E-state index is 0.245. The van der Waals surface area contributed by atoms with Crippen molar-refractivity contribution >= 4 is 11.6 Å². The van der Waals surface area contributed by atoms with E-state index in [0.29, 0.717) is 24.3 Å². The maximum atomic E-state index is 12.1. The molecule has 3 heteroatoms. The minimum absolute atomic E-state index is 0.245. The lowest BCUT2D eigenvalue weighted by molar-refractivity contribution is -0.123. The first kappa shape index (κ1) is 11.6. The summed E-state index contributed by atoms with van der Waals surface area (Å²) in [6, 6.07) is 7.70. The van der Waals surface area contributed by atoms with E-state index in [1.807, 2.05) is 24.3 Å². The Kier molecular flexibility index (Phi) is 2.98. The molecule has 0 heterocycles. The lowest BCUT2D eigenvalue weighted by Gasteiger charge is -2.05. The Morgan fingerprint density at radius 1 is 1.28 bits per heavy atom. The van der Waals surface area contributed by atoms with E-state index < -0.39 is 0 Å². The molecule has 1 amide bonds. The van der Waals surface area contributed by atoms with Gasteiger partial charge >= 0.3 is 0 Å². The number of rotatable bonds is 3. The molecule has 0 aromatic heterocycles. The highest BCUT2D eigenvalue weighted by Crippen LogP contribution is 2.55. The lowest BCUT2D eigenvalue weighted by atomic mass is 10.0. The van der Waals surface area contributed by atoms with Gasteiger partial charge in [0, 0.05) is 18.2 Å². The minimum Gasteiger partial charge on any atom is -0.399 e. The van der Waals surface area contributed by atoms with Crippen molar-refractivity contribution in [1.29, 1.82) is 0 Å². The van der Waals surface area contributed by atoms with Gasteiger partial charge in [-0.2, -0.15) is 0 Å². The Morgan fingerprint density at radius 3 is 2.67 bits per heavy atom. The molecule has 18 heavy (non-hydrogen) atoms. The molecule has 3 nitrogen and oxygen atoms in total. The van der Waals surface area contributed by atoms with Gasteiger partial charge in [0.15, 0.2) is 0 Å². The molecule has 3 rings (SSSR count). The average Bonchev–Trinajstić information content (AvgIpc) is 3.10. The van der Waals surface area contributed by atoms with Gasteiger partial charge in [0.1, 0.15) is 0 Å². The molecule has 3 N–H and O–H groups in total. The molecule has 0 bridgehead atoms. The first-order valence-corrected chi connectivity index (χ1v) is 6.88. The molecule has 2 aliphatic rings. The fraction of sp³-hybridized carbons (Fsp3) is 0.533. The largest absolute Gasteiger partial charge is 0.399 e. The molecule has 1 aromatic carbocycles. The van der Waals surface area contributed by atoms with E-state index >= 15 is 0 Å². The number of benzene rings is 1. The van der Waals surface area contributed by atoms with Gasteiger partial charge in [0.05, 0.1) is 0 Å². The zero-order chi connectivity index (χ0) is 12.5. The van der Waals surface area contributed by atoms with Crippen LogP contribution in [0.15, 0.2) is 24.3 Å². The van der Waals surface area contributed by atoms with Crippen LogP contribution in [0.25, 0.3) is 0 Å². The zero-order valence-electron chi connectivity index (χ0n) is 10.6. The molecule has 2 saturated carbocycles. The van der Waals surface area contributed by atoms with E-state index in [2.05, 4.69) is 5.32 Å². The van der Waals surface area contributed by atoms with Crippen LogP contribution in [0.1, 0.15) is 31.2 Å². The van der Waals surface area contributed by atoms with Gasteiger partial charge in [0.2, 0.25) is 5.91 Å². The normalized spacial score (nSPS) is 29.4. The van der Waals surface area contributed by atoms with Crippen molar-refractivity contribution in [3.63, 3.8) is 0 Å². The van der Waals surface area contributed by atoms with Gasteiger partial charge in [-0.05, 0) is 42.4 Å². The van der Waals surface area contributed by atoms with E-state index in [-0.39, 0.29) is 5.91 Å². The Morgan fingerprint density at radius 2 is 2.00 bits per heavy atom. The van der Waals surface area contributed by atoms with Crippen LogP contribution >= 0.6 is 0 Å². The van der Waals surface area contributed by atoms with Crippen molar-refractivity contribution in [1.82, 2.24) is 5.32 Å². The van der Waals surface area contributed by atoms with Gasteiger partial charge in [-0.3, -0.25) is 4.79 Å². The second-order valence-electron chi connectivity index (χ2n) is 5.60. The highest BCUT2D eigenvalue weighted by Gasteiger charge is 2.54. The number of fused-ring (bicyclic) bond motifs is 1. The number of nitrogens with one attached hydrogen (secondary N) is 1. The summed E-state index contributed by atoms with van der Waals surface area (Å²) in [7, 11) is 0. The third-order valence-corrected chi connectivity index (χ3v) is 4.38. The summed E-state index contributed by atoms with van der Waals surface area (Å²) < 4.78 is 0. The fourth-order valence-electron chi connectivity index (χ4n) is 3.39. The van der Waals surface area contributed by atoms with Gasteiger partial charge < -0.3 is 11.1 Å². The van der Waals surface area contributed by atoms with Crippen molar-refractivity contribution < 1.29 is 4.79 Å². The number of carbonyl (C=O) groups excluding carboxylic acids is 1. The number of carbonyl (C=O) groups is 1. The number of anilines is 1. The zero-order valence-corrected chi connectivity index (χ0v) is 10.6. The van der Waals surface area contributed by atoms with Gasteiger partial charge in [-0.15, -0.1) is 0 Å². The molecule has 0 radical (unpaired) electrons. The van der Waals surface area contributed by atoms with Crippen LogP contribution < -0.4 is 11.1 Å². The summed E-state index contributed by atoms with van der Waals surface area (Å²) in [5, 5.41) is 3.05. The second-order valence-corrected chi connectivity index (χ2v) is 5.60. The topological polar surface area (TPSA) is 55.1 Å². The molecule has 2 atom stereocenters. The van der Waals surface area contributed by atoms with Crippen LogP contribution in [0.5, 0.6) is 0 Å². The van der Waals surface area contributed by atoms with Gasteiger partial charge in [-0.1, -0.05) is 25.0 Å². The van der Waals surface area contributed by atoms with Crippen molar-refractivity contribution in [3.8, 4) is 0 Å². The van der Waals surface area contributed by atoms with Crippen LogP contribution in [-0.4, -0.2) is 5.91 Å². The van der Waals surface area contributed by atoms with Crippen molar-refractivity contribution in [2.75, 3.05) is 5.73 Å². The van der Waals surface area contributed by atoms with Crippen molar-refractivity contribution in [2.24, 2.45) is 17.8 Å². The number of hydrogen-bond acceptors (Lipinski definition) is 2. The monoisotopic (exact) mass is 244 g/mol. The molecular formula is C15H20N2O. The Bertz CT molecular complexity index is 446. The fourth-order valence-corrected chi connectivity index (χ4v) is 3.39. The molecule has 2 unspecified atom stereocenters. The summed E-state index contributed by atoms with van der Waals surface area (Å²) in [6.45, 7) is 0.597. The summed E-state index contributed by atoms with van der Waals surface area (Å²) >= 11 is 0. The molecule has 0 saturated heterocycles. The summed E-state index contributed by atoms with van der Waals surface area (Å²) in [5.41, 5.74) is 7.55. The summed E-state index contributed by atoms with van der Waals surface area (Å²) in [6.07, 6.45) is 5.11. The number of hydrogen-bond donors (Lipinski definition) is 2. The Labute approximate surface area is 108 Å². The number of nitrogens with two attached hydrogens (primary N) is 1. The standard InChI is InChI=1S/C15H20N2O/c16-11-5-3-4-10(8-11)9-17-15(18)14-12-6-1-2-7-13(12)14/h3-5,8,12-14H,1-2,6-7,9,16H2,(H,17,18). The molecular weight excluding hydrogens is 224 g/mol. The van der Waals surface area contributed by atoms with Crippen LogP contribution in [0.2, 0.25) is 0 Å². The van der Waals surface area contributed by atoms with Crippen LogP contribution in [0.4, 0.5) is 5.69 Å². The van der Waals surface area contributed by atoms with Crippen LogP contribution in [0, 0.1) is 17.8 Å². The lowest BCUT2D eigenvalue weighted by Crippen LogP contribution is -2.25. The second kappa shape index (κ2) is 4.63. The third kappa shape index (κ3) is 2.22. The quantitative estimate of drug-likeness (QED) is 0.802. The smallest absolute Gasteiger partial charge is 0.223 e. The molecule has 0 aliphatic heterocycles. The first-order chi connectivity index (χ1) is 8.75. The SMILES string of the molecule is Nc1cccc(CNC(=O)C2C3CCCCC32)c1. The molecule has 1 aromatic rings.